The second-order valence-electron chi connectivity index (χ2n) is 8.05. The summed E-state index contributed by atoms with van der Waals surface area (Å²) >= 11 is 6.41. The number of nitrogens with zero attached hydrogens (tertiary/aromatic N) is 1. The molecule has 1 aromatic rings. The molecule has 4 rings (SSSR count). The first kappa shape index (κ1) is 17.3. The van der Waals surface area contributed by atoms with Crippen molar-refractivity contribution in [2.75, 3.05) is 19.6 Å². The van der Waals surface area contributed by atoms with E-state index in [0.29, 0.717) is 16.5 Å². The van der Waals surface area contributed by atoms with E-state index in [1.807, 2.05) is 12.1 Å². The van der Waals surface area contributed by atoms with Crippen molar-refractivity contribution in [1.82, 2.24) is 10.2 Å². The number of halogens is 2. The van der Waals surface area contributed by atoms with Gasteiger partial charge in [-0.1, -0.05) is 23.7 Å². The van der Waals surface area contributed by atoms with Crippen LogP contribution in [0, 0.1) is 11.8 Å². The Morgan fingerprint density at radius 3 is 2.64 bits per heavy atom. The zero-order chi connectivity index (χ0) is 17.4. The first-order valence-electron chi connectivity index (χ1n) is 9.51. The second kappa shape index (κ2) is 6.88. The first-order valence-corrected chi connectivity index (χ1v) is 9.89. The monoisotopic (exact) mass is 364 g/mol. The van der Waals surface area contributed by atoms with Crippen LogP contribution < -0.4 is 5.32 Å². The van der Waals surface area contributed by atoms with E-state index in [1.54, 1.807) is 6.07 Å². The molecule has 1 aromatic carbocycles. The molecule has 1 aliphatic heterocycles. The summed E-state index contributed by atoms with van der Waals surface area (Å²) < 4.78 is 15.1. The minimum atomic E-state index is -1.41. The maximum Gasteiger partial charge on any atom is 0.223 e. The van der Waals surface area contributed by atoms with E-state index in [1.165, 1.54) is 25.7 Å². The van der Waals surface area contributed by atoms with Gasteiger partial charge in [0, 0.05) is 24.0 Å². The molecule has 0 unspecified atom stereocenters. The van der Waals surface area contributed by atoms with Crippen molar-refractivity contribution in [3.05, 3.63) is 34.3 Å². The molecular formula is C20H26ClFN2O. The van der Waals surface area contributed by atoms with Crippen LogP contribution >= 0.6 is 11.6 Å². The number of carbonyl (C=O) groups excluding carboxylic acids is 1. The molecule has 1 amide bonds. The second-order valence-corrected chi connectivity index (χ2v) is 8.46. The molecule has 1 heterocycles. The van der Waals surface area contributed by atoms with Crippen molar-refractivity contribution in [1.29, 1.82) is 0 Å². The summed E-state index contributed by atoms with van der Waals surface area (Å²) in [7, 11) is 0. The third kappa shape index (κ3) is 3.85. The van der Waals surface area contributed by atoms with Gasteiger partial charge in [0.15, 0.2) is 0 Å². The van der Waals surface area contributed by atoms with E-state index < -0.39 is 5.67 Å². The number of hydrogen-bond acceptors (Lipinski definition) is 2. The molecule has 3 aliphatic rings. The Balaban J connectivity index is 1.34. The van der Waals surface area contributed by atoms with Gasteiger partial charge in [0.2, 0.25) is 5.91 Å². The van der Waals surface area contributed by atoms with Gasteiger partial charge in [-0.2, -0.15) is 0 Å². The number of nitrogens with one attached hydrogen (secondary N) is 1. The maximum atomic E-state index is 15.1. The van der Waals surface area contributed by atoms with Crippen LogP contribution in [0.25, 0.3) is 0 Å². The molecule has 0 radical (unpaired) electrons. The van der Waals surface area contributed by atoms with E-state index in [-0.39, 0.29) is 24.7 Å². The number of hydrogen-bond donors (Lipinski definition) is 1. The fourth-order valence-electron chi connectivity index (χ4n) is 3.99. The fraction of sp³-hybridized carbons (Fsp3) is 0.650. The Morgan fingerprint density at radius 2 is 2.00 bits per heavy atom. The predicted octanol–water partition coefficient (Wildman–Crippen LogP) is 4.04. The molecule has 0 spiro atoms. The lowest BCUT2D eigenvalue weighted by Gasteiger charge is -2.41. The number of benzene rings is 1. The minimum absolute atomic E-state index is 0.0110. The van der Waals surface area contributed by atoms with Crippen molar-refractivity contribution in [2.24, 2.45) is 11.8 Å². The third-order valence-corrected chi connectivity index (χ3v) is 6.29. The van der Waals surface area contributed by atoms with Crippen molar-refractivity contribution < 1.29 is 9.18 Å². The van der Waals surface area contributed by atoms with Crippen molar-refractivity contribution in [2.45, 2.75) is 50.7 Å². The summed E-state index contributed by atoms with van der Waals surface area (Å²) in [5.41, 5.74) is 0.278. The average molecular weight is 365 g/mol. The fourth-order valence-corrected chi connectivity index (χ4v) is 4.23. The zero-order valence-corrected chi connectivity index (χ0v) is 15.3. The maximum absolute atomic E-state index is 15.1. The van der Waals surface area contributed by atoms with Crippen LogP contribution in [-0.2, 0) is 17.0 Å². The molecule has 1 saturated heterocycles. The molecule has 3 nitrogen and oxygen atoms in total. The summed E-state index contributed by atoms with van der Waals surface area (Å²) in [5, 5.41) is 3.60. The Labute approximate surface area is 153 Å². The number of carbonyl (C=O) groups is 1. The van der Waals surface area contributed by atoms with Crippen LogP contribution in [-0.4, -0.2) is 30.4 Å². The average Bonchev–Trinajstić information content (AvgIpc) is 3.26. The molecule has 2 saturated carbocycles. The standard InChI is InChI=1S/C20H26ClFN2O/c21-18-9-17(6-5-15(18)13-24-7-1-2-8-24)20(22)10-16(11-20)19(25)23-12-14-3-4-14/h5-6,9,14,16H,1-4,7-8,10-13H2,(H,23,25)/t16-,20+. The van der Waals surface area contributed by atoms with Crippen LogP contribution in [0.4, 0.5) is 4.39 Å². The van der Waals surface area contributed by atoms with Gasteiger partial charge in [0.25, 0.3) is 0 Å². The molecule has 2 aliphatic carbocycles. The van der Waals surface area contributed by atoms with E-state index in [4.69, 9.17) is 11.6 Å². The third-order valence-electron chi connectivity index (χ3n) is 5.94. The first-order chi connectivity index (χ1) is 12.0. The summed E-state index contributed by atoms with van der Waals surface area (Å²) in [5.74, 6) is 0.463. The molecule has 5 heteroatoms. The largest absolute Gasteiger partial charge is 0.356 e. The molecule has 1 N–H and O–H groups in total. The molecular weight excluding hydrogens is 339 g/mol. The molecule has 25 heavy (non-hydrogen) atoms. The highest BCUT2D eigenvalue weighted by molar-refractivity contribution is 6.31. The Hall–Kier alpha value is -1.13. The summed E-state index contributed by atoms with van der Waals surface area (Å²) in [6.07, 6.45) is 5.44. The van der Waals surface area contributed by atoms with E-state index in [0.717, 1.165) is 31.7 Å². The highest BCUT2D eigenvalue weighted by Crippen LogP contribution is 2.49. The van der Waals surface area contributed by atoms with E-state index in [2.05, 4.69) is 10.2 Å². The number of rotatable bonds is 6. The number of amides is 1. The van der Waals surface area contributed by atoms with Crippen LogP contribution in [0.1, 0.15) is 49.7 Å². The van der Waals surface area contributed by atoms with Gasteiger partial charge >= 0.3 is 0 Å². The molecule has 0 bridgehead atoms. The number of alkyl halides is 1. The highest BCUT2D eigenvalue weighted by atomic mass is 35.5. The van der Waals surface area contributed by atoms with Crippen LogP contribution in [0.5, 0.6) is 0 Å². The van der Waals surface area contributed by atoms with Gasteiger partial charge < -0.3 is 5.32 Å². The molecule has 3 fully saturated rings. The van der Waals surface area contributed by atoms with Crippen molar-refractivity contribution in [3.8, 4) is 0 Å². The predicted molar refractivity (Wildman–Crippen MR) is 97.2 cm³/mol. The lowest BCUT2D eigenvalue weighted by atomic mass is 9.68. The quantitative estimate of drug-likeness (QED) is 0.826. The number of likely N-dealkylation sites (tertiary alicyclic amines) is 1. The highest BCUT2D eigenvalue weighted by Gasteiger charge is 2.49. The Morgan fingerprint density at radius 1 is 1.28 bits per heavy atom. The lowest BCUT2D eigenvalue weighted by molar-refractivity contribution is -0.134. The summed E-state index contributed by atoms with van der Waals surface area (Å²) in [4.78, 5) is 14.5. The van der Waals surface area contributed by atoms with Crippen LogP contribution in [0.3, 0.4) is 0 Å². The van der Waals surface area contributed by atoms with Crippen molar-refractivity contribution in [3.63, 3.8) is 0 Å². The lowest BCUT2D eigenvalue weighted by Crippen LogP contribution is -2.46. The summed E-state index contributed by atoms with van der Waals surface area (Å²) in [6, 6.07) is 5.58. The minimum Gasteiger partial charge on any atom is -0.356 e. The van der Waals surface area contributed by atoms with Gasteiger partial charge in [-0.3, -0.25) is 9.69 Å². The Bertz CT molecular complexity index is 649. The van der Waals surface area contributed by atoms with Gasteiger partial charge in [-0.25, -0.2) is 4.39 Å². The smallest absolute Gasteiger partial charge is 0.223 e. The van der Waals surface area contributed by atoms with Gasteiger partial charge in [-0.15, -0.1) is 0 Å². The van der Waals surface area contributed by atoms with Gasteiger partial charge in [0.1, 0.15) is 5.67 Å². The van der Waals surface area contributed by atoms with Crippen LogP contribution in [0.15, 0.2) is 18.2 Å². The van der Waals surface area contributed by atoms with E-state index >= 15 is 4.39 Å². The normalized spacial score (nSPS) is 29.4. The van der Waals surface area contributed by atoms with E-state index in [9.17, 15) is 4.79 Å². The van der Waals surface area contributed by atoms with Gasteiger partial charge in [-0.05, 0) is 74.7 Å². The van der Waals surface area contributed by atoms with Gasteiger partial charge in [0.05, 0.1) is 0 Å². The Kier molecular flexibility index (Phi) is 4.76. The zero-order valence-electron chi connectivity index (χ0n) is 14.6. The summed E-state index contributed by atoms with van der Waals surface area (Å²) in [6.45, 7) is 3.82. The molecule has 0 aromatic heterocycles. The molecule has 136 valence electrons. The van der Waals surface area contributed by atoms with Crippen molar-refractivity contribution >= 4 is 17.5 Å². The SMILES string of the molecule is O=C(NCC1CC1)[C@H]1C[C@](F)(c2ccc(CN3CCCC3)c(Cl)c2)C1. The van der Waals surface area contributed by atoms with Crippen LogP contribution in [0.2, 0.25) is 5.02 Å². The topological polar surface area (TPSA) is 32.3 Å². The molecule has 0 atom stereocenters.